The molecule has 33 heavy (non-hydrogen) atoms. The first-order chi connectivity index (χ1) is 15.8. The van der Waals surface area contributed by atoms with Gasteiger partial charge in [-0.3, -0.25) is 30.0 Å². The maximum absolute atomic E-state index is 12.0. The summed E-state index contributed by atoms with van der Waals surface area (Å²) < 4.78 is 15.2. The lowest BCUT2D eigenvalue weighted by atomic mass is 10.2. The SMILES string of the molecule is COc1ccc(NC(=O)COC(=O)CCCC(=O)NNC(=O)c2ccccc2Cl)c(OC)c1. The zero-order valence-electron chi connectivity index (χ0n) is 18.1. The lowest BCUT2D eigenvalue weighted by Gasteiger charge is -2.12. The Morgan fingerprint density at radius 1 is 0.909 bits per heavy atom. The van der Waals surface area contributed by atoms with E-state index in [9.17, 15) is 19.2 Å². The molecule has 0 aromatic heterocycles. The number of halogens is 1. The normalized spacial score (nSPS) is 10.0. The van der Waals surface area contributed by atoms with E-state index in [0.717, 1.165) is 0 Å². The lowest BCUT2D eigenvalue weighted by molar-refractivity contribution is -0.147. The molecule has 11 heteroatoms. The number of carbonyl (C=O) groups excluding carboxylic acids is 4. The molecule has 0 aliphatic heterocycles. The van der Waals surface area contributed by atoms with Crippen LogP contribution >= 0.6 is 11.6 Å². The summed E-state index contributed by atoms with van der Waals surface area (Å²) in [6, 6.07) is 11.2. The van der Waals surface area contributed by atoms with Crippen LogP contribution in [0.3, 0.4) is 0 Å². The topological polar surface area (TPSA) is 132 Å². The number of ether oxygens (including phenoxy) is 3. The molecule has 0 spiro atoms. The minimum absolute atomic E-state index is 0.0346. The highest BCUT2D eigenvalue weighted by Crippen LogP contribution is 2.28. The van der Waals surface area contributed by atoms with Crippen molar-refractivity contribution in [1.82, 2.24) is 10.9 Å². The van der Waals surface area contributed by atoms with Gasteiger partial charge in [-0.15, -0.1) is 0 Å². The van der Waals surface area contributed by atoms with Crippen molar-refractivity contribution in [3.8, 4) is 11.5 Å². The van der Waals surface area contributed by atoms with Gasteiger partial charge in [-0.1, -0.05) is 23.7 Å². The fourth-order valence-electron chi connectivity index (χ4n) is 2.60. The van der Waals surface area contributed by atoms with Crippen molar-refractivity contribution in [3.05, 3.63) is 53.1 Å². The second-order valence-corrected chi connectivity index (χ2v) is 7.02. The van der Waals surface area contributed by atoms with Crippen molar-refractivity contribution in [2.75, 3.05) is 26.1 Å². The van der Waals surface area contributed by atoms with E-state index in [2.05, 4.69) is 16.2 Å². The van der Waals surface area contributed by atoms with Crippen LogP contribution in [0.15, 0.2) is 42.5 Å². The Morgan fingerprint density at radius 3 is 2.36 bits per heavy atom. The van der Waals surface area contributed by atoms with Gasteiger partial charge in [0.1, 0.15) is 11.5 Å². The zero-order valence-corrected chi connectivity index (χ0v) is 18.9. The number of hydrogen-bond acceptors (Lipinski definition) is 7. The van der Waals surface area contributed by atoms with Gasteiger partial charge in [-0.2, -0.15) is 0 Å². The third-order valence-corrected chi connectivity index (χ3v) is 4.60. The smallest absolute Gasteiger partial charge is 0.306 e. The Hall–Kier alpha value is -3.79. The number of methoxy groups -OCH3 is 2. The minimum atomic E-state index is -0.639. The highest BCUT2D eigenvalue weighted by atomic mass is 35.5. The molecule has 0 saturated heterocycles. The molecule has 10 nitrogen and oxygen atoms in total. The molecule has 0 fully saturated rings. The van der Waals surface area contributed by atoms with E-state index in [-0.39, 0.29) is 29.8 Å². The van der Waals surface area contributed by atoms with Crippen molar-refractivity contribution >= 4 is 41.0 Å². The van der Waals surface area contributed by atoms with E-state index < -0.39 is 30.3 Å². The van der Waals surface area contributed by atoms with Crippen molar-refractivity contribution in [1.29, 1.82) is 0 Å². The Balaban J connectivity index is 1.66. The molecule has 0 aliphatic rings. The average Bonchev–Trinajstić information content (AvgIpc) is 2.81. The summed E-state index contributed by atoms with van der Waals surface area (Å²) in [6.45, 7) is -0.492. The molecule has 3 amide bonds. The van der Waals surface area contributed by atoms with Gasteiger partial charge in [0.2, 0.25) is 5.91 Å². The number of benzene rings is 2. The number of amides is 3. The van der Waals surface area contributed by atoms with Crippen molar-refractivity contribution < 1.29 is 33.4 Å². The van der Waals surface area contributed by atoms with Crippen molar-refractivity contribution in [2.45, 2.75) is 19.3 Å². The van der Waals surface area contributed by atoms with Gasteiger partial charge in [0, 0.05) is 18.9 Å². The number of hydrazine groups is 1. The summed E-state index contributed by atoms with van der Waals surface area (Å²) >= 11 is 5.91. The van der Waals surface area contributed by atoms with Crippen LogP contribution in [0.25, 0.3) is 0 Å². The molecular weight excluding hydrogens is 454 g/mol. The van der Waals surface area contributed by atoms with E-state index in [0.29, 0.717) is 17.2 Å². The maximum atomic E-state index is 12.0. The molecule has 0 bridgehead atoms. The summed E-state index contributed by atoms with van der Waals surface area (Å²) in [5.74, 6) is -1.29. The molecule has 2 aromatic carbocycles. The van der Waals surface area contributed by atoms with Crippen LogP contribution in [-0.4, -0.2) is 44.5 Å². The van der Waals surface area contributed by atoms with Crippen molar-refractivity contribution in [3.63, 3.8) is 0 Å². The maximum Gasteiger partial charge on any atom is 0.306 e. The molecule has 0 saturated carbocycles. The van der Waals surface area contributed by atoms with Crippen LogP contribution in [0.4, 0.5) is 5.69 Å². The van der Waals surface area contributed by atoms with Crippen LogP contribution in [0.2, 0.25) is 5.02 Å². The van der Waals surface area contributed by atoms with Gasteiger partial charge in [-0.25, -0.2) is 0 Å². The predicted octanol–water partition coefficient (Wildman–Crippen LogP) is 2.47. The Morgan fingerprint density at radius 2 is 1.67 bits per heavy atom. The van der Waals surface area contributed by atoms with Gasteiger partial charge in [0.15, 0.2) is 6.61 Å². The molecule has 0 heterocycles. The zero-order chi connectivity index (χ0) is 24.2. The van der Waals surface area contributed by atoms with Crippen LogP contribution in [0, 0.1) is 0 Å². The van der Waals surface area contributed by atoms with Crippen LogP contribution in [0.1, 0.15) is 29.6 Å². The van der Waals surface area contributed by atoms with Gasteiger partial charge < -0.3 is 19.5 Å². The molecule has 0 atom stereocenters. The predicted molar refractivity (Wildman–Crippen MR) is 120 cm³/mol. The highest BCUT2D eigenvalue weighted by Gasteiger charge is 2.13. The Kier molecular flexibility index (Phi) is 9.97. The van der Waals surface area contributed by atoms with E-state index >= 15 is 0 Å². The molecule has 0 unspecified atom stereocenters. The number of anilines is 1. The average molecular weight is 478 g/mol. The first-order valence-electron chi connectivity index (χ1n) is 9.85. The number of carbonyl (C=O) groups is 4. The largest absolute Gasteiger partial charge is 0.497 e. The summed E-state index contributed by atoms with van der Waals surface area (Å²) in [7, 11) is 2.95. The van der Waals surface area contributed by atoms with Crippen LogP contribution in [-0.2, 0) is 19.1 Å². The number of hydrogen-bond donors (Lipinski definition) is 3. The van der Waals surface area contributed by atoms with Crippen molar-refractivity contribution in [2.24, 2.45) is 0 Å². The monoisotopic (exact) mass is 477 g/mol. The van der Waals surface area contributed by atoms with Gasteiger partial charge in [-0.05, 0) is 30.7 Å². The molecule has 3 N–H and O–H groups in total. The van der Waals surface area contributed by atoms with Crippen LogP contribution < -0.4 is 25.6 Å². The second kappa shape index (κ2) is 12.9. The first kappa shape index (κ1) is 25.5. The Labute approximate surface area is 195 Å². The number of nitrogens with one attached hydrogen (secondary N) is 3. The van der Waals surface area contributed by atoms with E-state index in [1.807, 2.05) is 0 Å². The Bertz CT molecular complexity index is 1010. The fraction of sp³-hybridized carbons (Fsp3) is 0.273. The van der Waals surface area contributed by atoms with Gasteiger partial charge in [0.05, 0.1) is 30.5 Å². The molecular formula is C22H24ClN3O7. The quantitative estimate of drug-likeness (QED) is 0.353. The molecule has 176 valence electrons. The third kappa shape index (κ3) is 8.34. The minimum Gasteiger partial charge on any atom is -0.497 e. The molecule has 0 aliphatic carbocycles. The number of esters is 1. The fourth-order valence-corrected chi connectivity index (χ4v) is 2.82. The molecule has 0 radical (unpaired) electrons. The lowest BCUT2D eigenvalue weighted by Crippen LogP contribution is -2.41. The van der Waals surface area contributed by atoms with Crippen LogP contribution in [0.5, 0.6) is 11.5 Å². The summed E-state index contributed by atoms with van der Waals surface area (Å²) in [5.41, 5.74) is 5.11. The van der Waals surface area contributed by atoms with E-state index in [1.54, 1.807) is 36.4 Å². The molecule has 2 rings (SSSR count). The first-order valence-corrected chi connectivity index (χ1v) is 10.2. The second-order valence-electron chi connectivity index (χ2n) is 6.61. The van der Waals surface area contributed by atoms with E-state index in [1.165, 1.54) is 20.3 Å². The van der Waals surface area contributed by atoms with E-state index in [4.69, 9.17) is 25.8 Å². The standard InChI is InChI=1S/C22H24ClN3O7/c1-31-14-10-11-17(18(12-14)32-2)24-20(28)13-33-21(29)9-5-8-19(27)25-26-22(30)15-6-3-4-7-16(15)23/h3-4,6-7,10-12H,5,8-9,13H2,1-2H3,(H,24,28)(H,25,27)(H,26,30). The summed E-state index contributed by atoms with van der Waals surface area (Å²) in [6.07, 6.45) is 0.0543. The van der Waals surface area contributed by atoms with Gasteiger partial charge >= 0.3 is 5.97 Å². The highest BCUT2D eigenvalue weighted by molar-refractivity contribution is 6.33. The molecule has 2 aromatic rings. The van der Waals surface area contributed by atoms with Gasteiger partial charge in [0.25, 0.3) is 11.8 Å². The third-order valence-electron chi connectivity index (χ3n) is 4.27. The summed E-state index contributed by atoms with van der Waals surface area (Å²) in [4.78, 5) is 47.6. The number of rotatable bonds is 10. The summed E-state index contributed by atoms with van der Waals surface area (Å²) in [5, 5.41) is 2.83.